The van der Waals surface area contributed by atoms with Gasteiger partial charge in [-0.2, -0.15) is 0 Å². The lowest BCUT2D eigenvalue weighted by molar-refractivity contribution is 0.0380. The average Bonchev–Trinajstić information content (AvgIpc) is 3.21. The molecule has 0 saturated carbocycles. The predicted octanol–water partition coefficient (Wildman–Crippen LogP) is 5.27. The number of halogens is 1. The zero-order valence-corrected chi connectivity index (χ0v) is 15.9. The quantitative estimate of drug-likeness (QED) is 0.605. The van der Waals surface area contributed by atoms with Crippen LogP contribution in [0.15, 0.2) is 46.4 Å². The summed E-state index contributed by atoms with van der Waals surface area (Å²) in [6, 6.07) is 7.35. The van der Waals surface area contributed by atoms with Crippen molar-refractivity contribution < 1.29 is 23.1 Å². The summed E-state index contributed by atoms with van der Waals surface area (Å²) < 4.78 is 23.7. The molecular formula is C20H18FNO4S. The third-order valence-electron chi connectivity index (χ3n) is 3.82. The van der Waals surface area contributed by atoms with E-state index in [4.69, 9.17) is 9.15 Å². The van der Waals surface area contributed by atoms with Crippen LogP contribution < -0.4 is 5.32 Å². The van der Waals surface area contributed by atoms with Crippen molar-refractivity contribution >= 4 is 28.2 Å². The lowest BCUT2D eigenvalue weighted by Crippen LogP contribution is -2.17. The summed E-state index contributed by atoms with van der Waals surface area (Å²) in [7, 11) is 0. The van der Waals surface area contributed by atoms with Crippen LogP contribution >= 0.6 is 11.3 Å². The van der Waals surface area contributed by atoms with E-state index in [1.54, 1.807) is 44.4 Å². The number of amides is 1. The van der Waals surface area contributed by atoms with Gasteiger partial charge < -0.3 is 14.5 Å². The molecule has 0 fully saturated rings. The van der Waals surface area contributed by atoms with Gasteiger partial charge in [-0.15, -0.1) is 11.3 Å². The van der Waals surface area contributed by atoms with Gasteiger partial charge in [-0.05, 0) is 44.5 Å². The van der Waals surface area contributed by atoms with E-state index < -0.39 is 5.97 Å². The summed E-state index contributed by atoms with van der Waals surface area (Å²) in [6.45, 7) is 5.17. The fourth-order valence-electron chi connectivity index (χ4n) is 2.56. The van der Waals surface area contributed by atoms with Crippen LogP contribution in [0.1, 0.15) is 40.3 Å². The van der Waals surface area contributed by atoms with Crippen molar-refractivity contribution in [2.45, 2.75) is 26.9 Å². The molecule has 0 aliphatic heterocycles. The van der Waals surface area contributed by atoms with Gasteiger partial charge in [0.05, 0.1) is 17.9 Å². The minimum absolute atomic E-state index is 0.245. The Morgan fingerprint density at radius 2 is 1.89 bits per heavy atom. The Kier molecular flexibility index (Phi) is 5.41. The lowest BCUT2D eigenvalue weighted by atomic mass is 10.0. The third kappa shape index (κ3) is 4.09. The number of hydrogen-bond acceptors (Lipinski definition) is 5. The van der Waals surface area contributed by atoms with E-state index in [2.05, 4.69) is 5.32 Å². The second-order valence-electron chi connectivity index (χ2n) is 6.16. The van der Waals surface area contributed by atoms with E-state index in [1.165, 1.54) is 29.7 Å². The molecule has 0 radical (unpaired) electrons. The van der Waals surface area contributed by atoms with Crippen molar-refractivity contribution in [1.29, 1.82) is 0 Å². The van der Waals surface area contributed by atoms with Crippen molar-refractivity contribution in [2.24, 2.45) is 0 Å². The first-order valence-electron chi connectivity index (χ1n) is 8.30. The van der Waals surface area contributed by atoms with Gasteiger partial charge >= 0.3 is 5.97 Å². The summed E-state index contributed by atoms with van der Waals surface area (Å²) in [5.74, 6) is -0.824. The summed E-state index contributed by atoms with van der Waals surface area (Å²) in [5, 5.41) is 4.86. The van der Waals surface area contributed by atoms with Crippen molar-refractivity contribution in [3.05, 3.63) is 64.7 Å². The molecule has 27 heavy (non-hydrogen) atoms. The molecule has 1 aromatic carbocycles. The smallest absolute Gasteiger partial charge is 0.342 e. The van der Waals surface area contributed by atoms with Crippen molar-refractivity contribution in [1.82, 2.24) is 0 Å². The second kappa shape index (κ2) is 7.75. The molecule has 0 saturated heterocycles. The summed E-state index contributed by atoms with van der Waals surface area (Å²) >= 11 is 1.20. The SMILES string of the molecule is Cc1occc1C(=O)Nc1scc(-c2ccc(F)cc2)c1C(=O)OC(C)C. The Balaban J connectivity index is 2.00. The van der Waals surface area contributed by atoms with Crippen LogP contribution in [-0.2, 0) is 4.74 Å². The Morgan fingerprint density at radius 3 is 2.48 bits per heavy atom. The molecule has 7 heteroatoms. The number of ether oxygens (including phenoxy) is 1. The van der Waals surface area contributed by atoms with Gasteiger partial charge in [0.1, 0.15) is 22.1 Å². The maximum atomic E-state index is 13.3. The van der Waals surface area contributed by atoms with Crippen LogP contribution in [0.2, 0.25) is 0 Å². The molecule has 2 heterocycles. The topological polar surface area (TPSA) is 68.5 Å². The van der Waals surface area contributed by atoms with Crippen LogP contribution in [0.25, 0.3) is 11.1 Å². The summed E-state index contributed by atoms with van der Waals surface area (Å²) in [4.78, 5) is 25.2. The predicted molar refractivity (Wildman–Crippen MR) is 102 cm³/mol. The molecule has 0 unspecified atom stereocenters. The number of carbonyl (C=O) groups is 2. The summed E-state index contributed by atoms with van der Waals surface area (Å²) in [6.07, 6.45) is 1.11. The molecule has 0 bridgehead atoms. The first kappa shape index (κ1) is 18.8. The standard InChI is InChI=1S/C20H18FNO4S/c1-11(2)26-20(24)17-16(13-4-6-14(21)7-5-13)10-27-19(17)22-18(23)15-8-9-25-12(15)3/h4-11H,1-3H3,(H,22,23). The van der Waals surface area contributed by atoms with Gasteiger partial charge in [-0.25, -0.2) is 9.18 Å². The number of furan rings is 1. The molecule has 0 spiro atoms. The molecule has 3 aromatic rings. The van der Waals surface area contributed by atoms with Crippen LogP contribution in [0, 0.1) is 12.7 Å². The molecule has 1 N–H and O–H groups in total. The number of aryl methyl sites for hydroxylation is 1. The average molecular weight is 387 g/mol. The zero-order valence-electron chi connectivity index (χ0n) is 15.0. The number of rotatable bonds is 5. The van der Waals surface area contributed by atoms with Crippen LogP contribution in [0.4, 0.5) is 9.39 Å². The fourth-order valence-corrected chi connectivity index (χ4v) is 3.51. The van der Waals surface area contributed by atoms with Crippen LogP contribution in [-0.4, -0.2) is 18.0 Å². The molecule has 1 amide bonds. The first-order chi connectivity index (χ1) is 12.9. The number of nitrogens with one attached hydrogen (secondary N) is 1. The van der Waals surface area contributed by atoms with Crippen LogP contribution in [0.3, 0.4) is 0 Å². The van der Waals surface area contributed by atoms with E-state index in [0.717, 1.165) is 0 Å². The van der Waals surface area contributed by atoms with E-state index >= 15 is 0 Å². The number of benzene rings is 1. The molecule has 2 aromatic heterocycles. The lowest BCUT2D eigenvalue weighted by Gasteiger charge is -2.11. The van der Waals surface area contributed by atoms with Gasteiger partial charge in [0, 0.05) is 10.9 Å². The van der Waals surface area contributed by atoms with Crippen molar-refractivity contribution in [2.75, 3.05) is 5.32 Å². The maximum Gasteiger partial charge on any atom is 0.342 e. The third-order valence-corrected chi connectivity index (χ3v) is 4.72. The molecule has 0 aliphatic carbocycles. The molecule has 5 nitrogen and oxygen atoms in total. The van der Waals surface area contributed by atoms with Gasteiger partial charge in [-0.3, -0.25) is 4.79 Å². The Hall–Kier alpha value is -2.93. The van der Waals surface area contributed by atoms with Gasteiger partial charge in [0.2, 0.25) is 0 Å². The number of hydrogen-bond donors (Lipinski definition) is 1. The Labute approximate surface area is 159 Å². The van der Waals surface area contributed by atoms with Crippen molar-refractivity contribution in [3.63, 3.8) is 0 Å². The Morgan fingerprint density at radius 1 is 1.19 bits per heavy atom. The van der Waals surface area contributed by atoms with Gasteiger partial charge in [0.15, 0.2) is 0 Å². The normalized spacial score (nSPS) is 10.9. The van der Waals surface area contributed by atoms with E-state index in [0.29, 0.717) is 27.5 Å². The number of thiophene rings is 1. The van der Waals surface area contributed by atoms with E-state index in [1.807, 2.05) is 0 Å². The molecule has 3 rings (SSSR count). The molecule has 0 aliphatic rings. The van der Waals surface area contributed by atoms with E-state index in [9.17, 15) is 14.0 Å². The summed E-state index contributed by atoms with van der Waals surface area (Å²) in [5.41, 5.74) is 1.86. The highest BCUT2D eigenvalue weighted by molar-refractivity contribution is 7.15. The second-order valence-corrected chi connectivity index (χ2v) is 7.04. The number of anilines is 1. The van der Waals surface area contributed by atoms with Crippen LogP contribution in [0.5, 0.6) is 0 Å². The highest BCUT2D eigenvalue weighted by Crippen LogP contribution is 2.37. The fraction of sp³-hybridized carbons (Fsp3) is 0.200. The minimum Gasteiger partial charge on any atom is -0.469 e. The molecule has 0 atom stereocenters. The van der Waals surface area contributed by atoms with Gasteiger partial charge in [-0.1, -0.05) is 12.1 Å². The zero-order chi connectivity index (χ0) is 19.6. The number of carbonyl (C=O) groups excluding carboxylic acids is 2. The van der Waals surface area contributed by atoms with Gasteiger partial charge in [0.25, 0.3) is 5.91 Å². The minimum atomic E-state index is -0.551. The monoisotopic (exact) mass is 387 g/mol. The largest absolute Gasteiger partial charge is 0.469 e. The highest BCUT2D eigenvalue weighted by Gasteiger charge is 2.24. The Bertz CT molecular complexity index is 972. The maximum absolute atomic E-state index is 13.3. The van der Waals surface area contributed by atoms with Crippen molar-refractivity contribution in [3.8, 4) is 11.1 Å². The highest BCUT2D eigenvalue weighted by atomic mass is 32.1. The molecule has 140 valence electrons. The molecular weight excluding hydrogens is 369 g/mol. The number of esters is 1. The first-order valence-corrected chi connectivity index (χ1v) is 9.18. The van der Waals surface area contributed by atoms with E-state index in [-0.39, 0.29) is 23.4 Å².